The Labute approximate surface area is 116 Å². The maximum atomic E-state index is 6.11. The molecule has 0 aliphatic heterocycles. The summed E-state index contributed by atoms with van der Waals surface area (Å²) in [5.74, 6) is 0. The molecule has 3 rings (SSSR count). The van der Waals surface area contributed by atoms with Crippen LogP contribution in [0.3, 0.4) is 0 Å². The molecule has 0 aliphatic carbocycles. The van der Waals surface area contributed by atoms with Crippen LogP contribution in [0, 0.1) is 0 Å². The fourth-order valence-electron chi connectivity index (χ4n) is 2.26. The highest BCUT2D eigenvalue weighted by atomic mass is 35.5. The van der Waals surface area contributed by atoms with Crippen molar-refractivity contribution in [1.82, 2.24) is 4.98 Å². The largest absolute Gasteiger partial charge is 0.326 e. The van der Waals surface area contributed by atoms with Crippen LogP contribution in [-0.2, 0) is 6.54 Å². The lowest BCUT2D eigenvalue weighted by molar-refractivity contribution is 1.07. The third-order valence-corrected chi connectivity index (χ3v) is 3.63. The van der Waals surface area contributed by atoms with Crippen LogP contribution in [0.25, 0.3) is 21.9 Å². The molecule has 3 aromatic rings. The fraction of sp³-hybridized carbons (Fsp3) is 0.0625. The van der Waals surface area contributed by atoms with Gasteiger partial charge in [-0.05, 0) is 40.3 Å². The average Bonchev–Trinajstić information content (AvgIpc) is 2.47. The van der Waals surface area contributed by atoms with Gasteiger partial charge in [0, 0.05) is 29.3 Å². The van der Waals surface area contributed by atoms with Gasteiger partial charge in [-0.2, -0.15) is 0 Å². The number of nitrogens with zero attached hydrogens (tertiary/aromatic N) is 1. The lowest BCUT2D eigenvalue weighted by atomic mass is 9.98. The van der Waals surface area contributed by atoms with Crippen molar-refractivity contribution >= 4 is 22.4 Å². The van der Waals surface area contributed by atoms with Gasteiger partial charge in [0.05, 0.1) is 0 Å². The van der Waals surface area contributed by atoms with Crippen molar-refractivity contribution in [3.8, 4) is 11.1 Å². The van der Waals surface area contributed by atoms with Crippen LogP contribution in [0.1, 0.15) is 5.56 Å². The Morgan fingerprint density at radius 3 is 2.84 bits per heavy atom. The Morgan fingerprint density at radius 2 is 2.00 bits per heavy atom. The quantitative estimate of drug-likeness (QED) is 0.763. The number of fused-ring (bicyclic) bond motifs is 1. The number of hydrogen-bond donors (Lipinski definition) is 1. The van der Waals surface area contributed by atoms with E-state index in [1.54, 1.807) is 6.20 Å². The van der Waals surface area contributed by atoms with Crippen LogP contribution in [0.15, 0.2) is 54.9 Å². The Morgan fingerprint density at radius 1 is 1.11 bits per heavy atom. The van der Waals surface area contributed by atoms with Crippen LogP contribution < -0.4 is 5.73 Å². The second-order valence-corrected chi connectivity index (χ2v) is 4.82. The van der Waals surface area contributed by atoms with Gasteiger partial charge in [0.15, 0.2) is 0 Å². The molecule has 2 aromatic carbocycles. The summed E-state index contributed by atoms with van der Waals surface area (Å²) in [7, 11) is 0. The van der Waals surface area contributed by atoms with E-state index >= 15 is 0 Å². The van der Waals surface area contributed by atoms with Gasteiger partial charge in [0.1, 0.15) is 0 Å². The molecule has 0 atom stereocenters. The van der Waals surface area contributed by atoms with Crippen LogP contribution in [0.2, 0.25) is 5.02 Å². The molecular weight excluding hydrogens is 256 g/mol. The van der Waals surface area contributed by atoms with Gasteiger partial charge in [-0.3, -0.25) is 4.98 Å². The maximum Gasteiger partial charge on any atom is 0.0451 e. The van der Waals surface area contributed by atoms with Crippen molar-refractivity contribution in [2.45, 2.75) is 6.54 Å². The summed E-state index contributed by atoms with van der Waals surface area (Å²) >= 11 is 6.11. The van der Waals surface area contributed by atoms with E-state index in [1.807, 2.05) is 36.5 Å². The summed E-state index contributed by atoms with van der Waals surface area (Å²) in [6.45, 7) is 0.440. The minimum absolute atomic E-state index is 0.440. The summed E-state index contributed by atoms with van der Waals surface area (Å²) in [6, 6.07) is 14.2. The highest BCUT2D eigenvalue weighted by Crippen LogP contribution is 2.30. The monoisotopic (exact) mass is 268 g/mol. The van der Waals surface area contributed by atoms with E-state index in [0.717, 1.165) is 22.1 Å². The smallest absolute Gasteiger partial charge is 0.0451 e. The second kappa shape index (κ2) is 5.00. The molecule has 2 N–H and O–H groups in total. The second-order valence-electron chi connectivity index (χ2n) is 4.41. The number of halogens is 1. The molecule has 1 heterocycles. The molecular formula is C16H13ClN2. The van der Waals surface area contributed by atoms with Gasteiger partial charge in [-0.25, -0.2) is 0 Å². The van der Waals surface area contributed by atoms with Gasteiger partial charge < -0.3 is 5.73 Å². The van der Waals surface area contributed by atoms with Crippen molar-refractivity contribution in [2.24, 2.45) is 5.73 Å². The number of rotatable bonds is 2. The molecule has 2 nitrogen and oxygen atoms in total. The van der Waals surface area contributed by atoms with Crippen molar-refractivity contribution in [2.75, 3.05) is 0 Å². The van der Waals surface area contributed by atoms with E-state index < -0.39 is 0 Å². The standard InChI is InChI=1S/C16H13ClN2/c17-16-5-4-12(8-13(16)9-18)14-3-1-2-11-6-7-19-10-15(11)14/h1-8,10H,9,18H2. The van der Waals surface area contributed by atoms with Crippen LogP contribution in [0.4, 0.5) is 0 Å². The van der Waals surface area contributed by atoms with E-state index in [9.17, 15) is 0 Å². The fourth-order valence-corrected chi connectivity index (χ4v) is 2.46. The predicted molar refractivity (Wildman–Crippen MR) is 80.1 cm³/mol. The molecule has 0 amide bonds. The number of benzene rings is 2. The molecule has 0 bridgehead atoms. The van der Waals surface area contributed by atoms with E-state index in [2.05, 4.69) is 17.1 Å². The molecule has 0 unspecified atom stereocenters. The zero-order valence-corrected chi connectivity index (χ0v) is 11.1. The lowest BCUT2D eigenvalue weighted by Crippen LogP contribution is -1.97. The predicted octanol–water partition coefficient (Wildman–Crippen LogP) is 4.01. The van der Waals surface area contributed by atoms with Gasteiger partial charge in [-0.1, -0.05) is 35.9 Å². The van der Waals surface area contributed by atoms with Crippen molar-refractivity contribution in [3.63, 3.8) is 0 Å². The van der Waals surface area contributed by atoms with Crippen LogP contribution in [0.5, 0.6) is 0 Å². The number of pyridine rings is 1. The number of hydrogen-bond acceptors (Lipinski definition) is 2. The first kappa shape index (κ1) is 12.2. The summed E-state index contributed by atoms with van der Waals surface area (Å²) in [5.41, 5.74) is 8.94. The molecule has 19 heavy (non-hydrogen) atoms. The maximum absolute atomic E-state index is 6.11. The van der Waals surface area contributed by atoms with Gasteiger partial charge >= 0.3 is 0 Å². The van der Waals surface area contributed by atoms with E-state index in [4.69, 9.17) is 17.3 Å². The number of nitrogens with two attached hydrogens (primary N) is 1. The first-order chi connectivity index (χ1) is 9.29. The molecule has 0 aliphatic rings. The molecule has 0 saturated carbocycles. The van der Waals surface area contributed by atoms with Crippen LogP contribution in [-0.4, -0.2) is 4.98 Å². The van der Waals surface area contributed by atoms with E-state index in [0.29, 0.717) is 11.6 Å². The van der Waals surface area contributed by atoms with Gasteiger partial charge in [-0.15, -0.1) is 0 Å². The summed E-state index contributed by atoms with van der Waals surface area (Å²) in [4.78, 5) is 4.21. The molecule has 1 aromatic heterocycles. The topological polar surface area (TPSA) is 38.9 Å². The average molecular weight is 269 g/mol. The molecule has 0 fully saturated rings. The Bertz CT molecular complexity index is 732. The van der Waals surface area contributed by atoms with Crippen molar-refractivity contribution < 1.29 is 0 Å². The zero-order chi connectivity index (χ0) is 13.2. The van der Waals surface area contributed by atoms with Crippen LogP contribution >= 0.6 is 11.6 Å². The third-order valence-electron chi connectivity index (χ3n) is 3.26. The lowest BCUT2D eigenvalue weighted by Gasteiger charge is -2.09. The molecule has 94 valence electrons. The number of aromatic nitrogens is 1. The zero-order valence-electron chi connectivity index (χ0n) is 10.3. The van der Waals surface area contributed by atoms with E-state index in [-0.39, 0.29) is 0 Å². The highest BCUT2D eigenvalue weighted by molar-refractivity contribution is 6.31. The summed E-state index contributed by atoms with van der Waals surface area (Å²) in [5, 5.41) is 3.02. The van der Waals surface area contributed by atoms with Crippen molar-refractivity contribution in [3.05, 3.63) is 65.4 Å². The third kappa shape index (κ3) is 2.21. The van der Waals surface area contributed by atoms with Gasteiger partial charge in [0.2, 0.25) is 0 Å². The van der Waals surface area contributed by atoms with E-state index in [1.165, 1.54) is 5.39 Å². The molecule has 0 spiro atoms. The molecule has 0 radical (unpaired) electrons. The molecule has 3 heteroatoms. The first-order valence-electron chi connectivity index (χ1n) is 6.11. The Kier molecular flexibility index (Phi) is 3.20. The Hall–Kier alpha value is -1.90. The first-order valence-corrected chi connectivity index (χ1v) is 6.49. The minimum atomic E-state index is 0.440. The van der Waals surface area contributed by atoms with Gasteiger partial charge in [0.25, 0.3) is 0 Å². The normalized spacial score (nSPS) is 10.8. The molecule has 0 saturated heterocycles. The summed E-state index contributed by atoms with van der Waals surface area (Å²) in [6.07, 6.45) is 3.70. The minimum Gasteiger partial charge on any atom is -0.326 e. The summed E-state index contributed by atoms with van der Waals surface area (Å²) < 4.78 is 0. The SMILES string of the molecule is NCc1cc(-c2cccc3ccncc23)ccc1Cl. The van der Waals surface area contributed by atoms with Crippen molar-refractivity contribution in [1.29, 1.82) is 0 Å². The Balaban J connectivity index is 2.24. The highest BCUT2D eigenvalue weighted by Gasteiger charge is 2.06.